The Balaban J connectivity index is 2.24. The second-order valence-corrected chi connectivity index (χ2v) is 5.13. The first-order chi connectivity index (χ1) is 9.61. The summed E-state index contributed by atoms with van der Waals surface area (Å²) in [6.45, 7) is 3.48. The molecular weight excluding hydrogens is 248 g/mol. The van der Waals surface area contributed by atoms with Gasteiger partial charge in [-0.3, -0.25) is 10.2 Å². The maximum Gasteiger partial charge on any atom is 0.159 e. The van der Waals surface area contributed by atoms with Gasteiger partial charge in [-0.2, -0.15) is 0 Å². The normalized spacial score (nSPS) is 15.0. The van der Waals surface area contributed by atoms with E-state index in [1.54, 1.807) is 0 Å². The van der Waals surface area contributed by atoms with Crippen molar-refractivity contribution in [3.8, 4) is 0 Å². The van der Waals surface area contributed by atoms with Crippen LogP contribution in [0, 0.1) is 5.41 Å². The van der Waals surface area contributed by atoms with Gasteiger partial charge in [0.05, 0.1) is 5.71 Å². The van der Waals surface area contributed by atoms with Crippen LogP contribution in [0.1, 0.15) is 36.8 Å². The highest BCUT2D eigenvalue weighted by Crippen LogP contribution is 2.25. The van der Waals surface area contributed by atoms with Crippen LogP contribution in [0.25, 0.3) is 0 Å². The largest absolute Gasteiger partial charge is 0.402 e. The van der Waals surface area contributed by atoms with E-state index < -0.39 is 0 Å². The standard InChI is InChI=1S/C17H20N2O/c1-2-14(20)11-12-6-5-7-13(10-12)17(19)15-8-3-4-9-16(15)18/h2,5-7,10,19H,1,3-4,8-9,11,18H2. The zero-order valence-electron chi connectivity index (χ0n) is 11.6. The molecule has 0 amide bonds. The summed E-state index contributed by atoms with van der Waals surface area (Å²) in [7, 11) is 0. The third-order valence-corrected chi connectivity index (χ3v) is 3.63. The van der Waals surface area contributed by atoms with Crippen LogP contribution < -0.4 is 5.73 Å². The molecule has 1 aromatic carbocycles. The summed E-state index contributed by atoms with van der Waals surface area (Å²) >= 11 is 0. The Morgan fingerprint density at radius 3 is 2.80 bits per heavy atom. The molecule has 20 heavy (non-hydrogen) atoms. The number of rotatable bonds is 5. The highest BCUT2D eigenvalue weighted by molar-refractivity contribution is 6.11. The number of carbonyl (C=O) groups excluding carboxylic acids is 1. The fourth-order valence-electron chi connectivity index (χ4n) is 2.50. The smallest absolute Gasteiger partial charge is 0.159 e. The molecule has 104 valence electrons. The van der Waals surface area contributed by atoms with Crippen LogP contribution in [0.5, 0.6) is 0 Å². The fraction of sp³-hybridized carbons (Fsp3) is 0.294. The van der Waals surface area contributed by atoms with Crippen LogP contribution >= 0.6 is 0 Å². The monoisotopic (exact) mass is 268 g/mol. The third-order valence-electron chi connectivity index (χ3n) is 3.63. The summed E-state index contributed by atoms with van der Waals surface area (Å²) in [5.41, 5.74) is 10.1. The van der Waals surface area contributed by atoms with E-state index >= 15 is 0 Å². The molecule has 3 heteroatoms. The van der Waals surface area contributed by atoms with Crippen LogP contribution in [0.4, 0.5) is 0 Å². The van der Waals surface area contributed by atoms with E-state index in [0.717, 1.165) is 48.1 Å². The molecule has 0 saturated carbocycles. The molecule has 1 aliphatic carbocycles. The van der Waals surface area contributed by atoms with E-state index in [4.69, 9.17) is 11.1 Å². The number of benzene rings is 1. The van der Waals surface area contributed by atoms with E-state index in [-0.39, 0.29) is 5.78 Å². The zero-order chi connectivity index (χ0) is 14.5. The number of ketones is 1. The molecule has 0 atom stereocenters. The molecule has 0 spiro atoms. The highest BCUT2D eigenvalue weighted by Gasteiger charge is 2.16. The topological polar surface area (TPSA) is 66.9 Å². The predicted molar refractivity (Wildman–Crippen MR) is 81.9 cm³/mol. The van der Waals surface area contributed by atoms with Gasteiger partial charge in [-0.05, 0) is 49.0 Å². The van der Waals surface area contributed by atoms with Crippen molar-refractivity contribution in [1.29, 1.82) is 5.41 Å². The molecule has 0 fully saturated rings. The van der Waals surface area contributed by atoms with Gasteiger partial charge < -0.3 is 5.73 Å². The average Bonchev–Trinajstić information content (AvgIpc) is 2.47. The van der Waals surface area contributed by atoms with Gasteiger partial charge in [-0.25, -0.2) is 0 Å². The molecule has 3 N–H and O–H groups in total. The van der Waals surface area contributed by atoms with Gasteiger partial charge in [0.25, 0.3) is 0 Å². The quantitative estimate of drug-likeness (QED) is 0.636. The molecule has 0 aromatic heterocycles. The number of allylic oxidation sites excluding steroid dienone is 3. The maximum atomic E-state index is 11.4. The number of nitrogens with two attached hydrogens (primary N) is 1. The highest BCUT2D eigenvalue weighted by atomic mass is 16.1. The minimum Gasteiger partial charge on any atom is -0.402 e. The Morgan fingerprint density at radius 1 is 1.35 bits per heavy atom. The van der Waals surface area contributed by atoms with Crippen LogP contribution in [-0.2, 0) is 11.2 Å². The van der Waals surface area contributed by atoms with Crippen molar-refractivity contribution in [2.45, 2.75) is 32.1 Å². The lowest BCUT2D eigenvalue weighted by Crippen LogP contribution is -2.15. The molecule has 3 nitrogen and oxygen atoms in total. The summed E-state index contributed by atoms with van der Waals surface area (Å²) in [5, 5.41) is 8.34. The lowest BCUT2D eigenvalue weighted by Gasteiger charge is -2.18. The van der Waals surface area contributed by atoms with Gasteiger partial charge in [0, 0.05) is 17.7 Å². The van der Waals surface area contributed by atoms with Crippen LogP contribution in [0.15, 0.2) is 48.2 Å². The Hall–Kier alpha value is -2.16. The van der Waals surface area contributed by atoms with E-state index in [0.29, 0.717) is 12.1 Å². The lowest BCUT2D eigenvalue weighted by molar-refractivity contribution is -0.114. The second kappa shape index (κ2) is 6.33. The summed E-state index contributed by atoms with van der Waals surface area (Å²) in [5.74, 6) is -0.00919. The Morgan fingerprint density at radius 2 is 2.10 bits per heavy atom. The second-order valence-electron chi connectivity index (χ2n) is 5.13. The van der Waals surface area contributed by atoms with Crippen LogP contribution in [-0.4, -0.2) is 11.5 Å². The van der Waals surface area contributed by atoms with Crippen molar-refractivity contribution in [3.05, 3.63) is 59.3 Å². The van der Waals surface area contributed by atoms with Crippen molar-refractivity contribution < 1.29 is 4.79 Å². The number of nitrogens with one attached hydrogen (secondary N) is 1. The van der Waals surface area contributed by atoms with Crippen molar-refractivity contribution in [1.82, 2.24) is 0 Å². The number of hydrogen-bond donors (Lipinski definition) is 2. The molecule has 1 aliphatic rings. The minimum atomic E-state index is -0.00919. The SMILES string of the molecule is C=CC(=O)Cc1cccc(C(=N)C2=C(N)CCCC2)c1. The minimum absolute atomic E-state index is 0.00919. The molecule has 0 radical (unpaired) electrons. The van der Waals surface area contributed by atoms with Crippen molar-refractivity contribution in [2.24, 2.45) is 5.73 Å². The number of hydrogen-bond acceptors (Lipinski definition) is 3. The molecule has 2 rings (SSSR count). The van der Waals surface area contributed by atoms with Gasteiger partial charge in [-0.1, -0.05) is 24.8 Å². The molecule has 0 bridgehead atoms. The van der Waals surface area contributed by atoms with Crippen molar-refractivity contribution >= 4 is 11.5 Å². The first-order valence-corrected chi connectivity index (χ1v) is 6.93. The summed E-state index contributed by atoms with van der Waals surface area (Å²) in [4.78, 5) is 11.4. The first kappa shape index (κ1) is 14.3. The molecule has 1 aromatic rings. The van der Waals surface area contributed by atoms with Crippen molar-refractivity contribution in [2.75, 3.05) is 0 Å². The Labute approximate surface area is 119 Å². The van der Waals surface area contributed by atoms with E-state index in [2.05, 4.69) is 6.58 Å². The summed E-state index contributed by atoms with van der Waals surface area (Å²) in [6, 6.07) is 7.59. The van der Waals surface area contributed by atoms with E-state index in [1.165, 1.54) is 6.08 Å². The average molecular weight is 268 g/mol. The molecular formula is C17H20N2O. The Bertz CT molecular complexity index is 584. The van der Waals surface area contributed by atoms with Gasteiger partial charge in [-0.15, -0.1) is 0 Å². The zero-order valence-corrected chi connectivity index (χ0v) is 11.6. The van der Waals surface area contributed by atoms with Gasteiger partial charge >= 0.3 is 0 Å². The third kappa shape index (κ3) is 3.23. The summed E-state index contributed by atoms with van der Waals surface area (Å²) in [6.07, 6.45) is 5.62. The molecule has 0 saturated heterocycles. The maximum absolute atomic E-state index is 11.4. The first-order valence-electron chi connectivity index (χ1n) is 6.93. The molecule has 0 aliphatic heterocycles. The number of carbonyl (C=O) groups is 1. The predicted octanol–water partition coefficient (Wildman–Crippen LogP) is 3.14. The van der Waals surface area contributed by atoms with Gasteiger partial charge in [0.2, 0.25) is 0 Å². The van der Waals surface area contributed by atoms with Gasteiger partial charge in [0.15, 0.2) is 5.78 Å². The summed E-state index contributed by atoms with van der Waals surface area (Å²) < 4.78 is 0. The lowest BCUT2D eigenvalue weighted by atomic mass is 9.89. The van der Waals surface area contributed by atoms with Crippen LogP contribution in [0.3, 0.4) is 0 Å². The fourth-order valence-corrected chi connectivity index (χ4v) is 2.50. The van der Waals surface area contributed by atoms with E-state index in [9.17, 15) is 4.79 Å². The van der Waals surface area contributed by atoms with Gasteiger partial charge in [0.1, 0.15) is 0 Å². The molecule has 0 heterocycles. The van der Waals surface area contributed by atoms with Crippen molar-refractivity contribution in [3.63, 3.8) is 0 Å². The van der Waals surface area contributed by atoms with E-state index in [1.807, 2.05) is 24.3 Å². The molecule has 0 unspecified atom stereocenters. The Kier molecular flexibility index (Phi) is 4.51. The van der Waals surface area contributed by atoms with Crippen LogP contribution in [0.2, 0.25) is 0 Å².